The zero-order chi connectivity index (χ0) is 12.4. The Morgan fingerprint density at radius 1 is 1.18 bits per heavy atom. The van der Waals surface area contributed by atoms with E-state index in [0.717, 1.165) is 6.07 Å². The number of halogens is 3. The Bertz CT molecular complexity index is 563. The van der Waals surface area contributed by atoms with E-state index in [2.05, 4.69) is 20.9 Å². The monoisotopic (exact) mass is 300 g/mol. The van der Waals surface area contributed by atoms with Gasteiger partial charge in [0.15, 0.2) is 11.6 Å². The maximum atomic E-state index is 13.2. The molecule has 0 fully saturated rings. The normalized spacial score (nSPS) is 10.3. The fourth-order valence-electron chi connectivity index (χ4n) is 1.22. The molecule has 0 saturated carbocycles. The van der Waals surface area contributed by atoms with Crippen molar-refractivity contribution in [3.8, 4) is 11.5 Å². The second kappa shape index (κ2) is 4.67. The molecule has 0 bridgehead atoms. The minimum atomic E-state index is -0.858. The van der Waals surface area contributed by atoms with Crippen LogP contribution in [0.1, 0.15) is 0 Å². The van der Waals surface area contributed by atoms with Crippen LogP contribution < -0.4 is 10.5 Å². The van der Waals surface area contributed by atoms with Crippen LogP contribution in [0.5, 0.6) is 11.5 Å². The van der Waals surface area contributed by atoms with Crippen molar-refractivity contribution in [3.63, 3.8) is 0 Å². The lowest BCUT2D eigenvalue weighted by atomic mass is 10.2. The molecule has 1 aromatic carbocycles. The molecule has 0 aliphatic rings. The van der Waals surface area contributed by atoms with Crippen LogP contribution in [0.4, 0.5) is 14.5 Å². The van der Waals surface area contributed by atoms with Gasteiger partial charge in [-0.05, 0) is 22.0 Å². The zero-order valence-electron chi connectivity index (χ0n) is 8.45. The van der Waals surface area contributed by atoms with E-state index >= 15 is 0 Å². The van der Waals surface area contributed by atoms with E-state index in [-0.39, 0.29) is 11.4 Å². The fourth-order valence-corrected chi connectivity index (χ4v) is 1.56. The number of hydrogen-bond donors (Lipinski definition) is 1. The van der Waals surface area contributed by atoms with Crippen LogP contribution >= 0.6 is 15.9 Å². The summed E-state index contributed by atoms with van der Waals surface area (Å²) in [6.07, 6.45) is 2.97. The number of nitrogen functional groups attached to an aromatic ring is 1. The smallest absolute Gasteiger partial charge is 0.156 e. The Balaban J connectivity index is 2.36. The predicted molar refractivity (Wildman–Crippen MR) is 62.8 cm³/mol. The number of ether oxygens (including phenoxy) is 1. The first-order valence-electron chi connectivity index (χ1n) is 4.59. The molecule has 0 aliphatic carbocycles. The third-order valence-corrected chi connectivity index (χ3v) is 2.40. The van der Waals surface area contributed by atoms with Crippen molar-refractivity contribution < 1.29 is 13.5 Å². The first-order valence-corrected chi connectivity index (χ1v) is 5.38. The summed E-state index contributed by atoms with van der Waals surface area (Å²) in [5.74, 6) is -1.36. The minimum absolute atomic E-state index is 0.0811. The third-order valence-electron chi connectivity index (χ3n) is 1.96. The van der Waals surface area contributed by atoms with E-state index in [1.165, 1.54) is 6.20 Å². The molecule has 6 heteroatoms. The highest BCUT2D eigenvalue weighted by Crippen LogP contribution is 2.30. The molecule has 0 spiro atoms. The third kappa shape index (κ3) is 2.71. The molecule has 1 heterocycles. The summed E-state index contributed by atoms with van der Waals surface area (Å²) in [5.41, 5.74) is 5.19. The summed E-state index contributed by atoms with van der Waals surface area (Å²) in [6.45, 7) is 0. The first kappa shape index (κ1) is 11.8. The van der Waals surface area contributed by atoms with Crippen LogP contribution in [0, 0.1) is 11.6 Å². The van der Waals surface area contributed by atoms with Crippen LogP contribution in [0.15, 0.2) is 35.1 Å². The number of rotatable bonds is 2. The highest BCUT2D eigenvalue weighted by Gasteiger charge is 2.10. The van der Waals surface area contributed by atoms with Crippen molar-refractivity contribution in [2.75, 3.05) is 5.73 Å². The molecule has 2 rings (SSSR count). The average Bonchev–Trinajstić information content (AvgIpc) is 2.25. The van der Waals surface area contributed by atoms with Crippen LogP contribution in [-0.4, -0.2) is 4.98 Å². The Hall–Kier alpha value is -1.69. The number of nitrogens with two attached hydrogens (primary N) is 1. The van der Waals surface area contributed by atoms with Gasteiger partial charge in [0, 0.05) is 22.8 Å². The maximum Gasteiger partial charge on any atom is 0.156 e. The largest absolute Gasteiger partial charge is 0.453 e. The van der Waals surface area contributed by atoms with E-state index in [4.69, 9.17) is 10.5 Å². The summed E-state index contributed by atoms with van der Waals surface area (Å²) < 4.78 is 32.1. The van der Waals surface area contributed by atoms with Gasteiger partial charge in [0.05, 0.1) is 6.20 Å². The van der Waals surface area contributed by atoms with Gasteiger partial charge in [-0.2, -0.15) is 0 Å². The first-order chi connectivity index (χ1) is 8.06. The molecule has 1 aromatic heterocycles. The highest BCUT2D eigenvalue weighted by atomic mass is 79.9. The molecule has 0 radical (unpaired) electrons. The Morgan fingerprint density at radius 3 is 2.65 bits per heavy atom. The van der Waals surface area contributed by atoms with Gasteiger partial charge in [-0.25, -0.2) is 8.78 Å². The Morgan fingerprint density at radius 2 is 1.94 bits per heavy atom. The topological polar surface area (TPSA) is 48.1 Å². The molecular formula is C11H7BrF2N2O. The molecule has 2 N–H and O–H groups in total. The van der Waals surface area contributed by atoms with Gasteiger partial charge in [0.2, 0.25) is 0 Å². The van der Waals surface area contributed by atoms with Gasteiger partial charge < -0.3 is 10.5 Å². The van der Waals surface area contributed by atoms with Gasteiger partial charge in [0.25, 0.3) is 0 Å². The molecule has 2 aromatic rings. The van der Waals surface area contributed by atoms with Crippen LogP contribution in [0.25, 0.3) is 0 Å². The molecular weight excluding hydrogens is 294 g/mol. The Kier molecular flexibility index (Phi) is 3.23. The number of aromatic nitrogens is 1. The quantitative estimate of drug-likeness (QED) is 0.864. The van der Waals surface area contributed by atoms with E-state index in [1.807, 2.05) is 0 Å². The number of hydrogen-bond acceptors (Lipinski definition) is 3. The second-order valence-corrected chi connectivity index (χ2v) is 4.16. The number of nitrogens with zero attached hydrogens (tertiary/aromatic N) is 1. The molecule has 3 nitrogen and oxygen atoms in total. The fraction of sp³-hybridized carbons (Fsp3) is 0. The van der Waals surface area contributed by atoms with Gasteiger partial charge in [-0.15, -0.1) is 0 Å². The maximum absolute atomic E-state index is 13.2. The standard InChI is InChI=1S/C11H7BrF2N2O/c12-6-1-8(5-16-4-6)17-10-3-7(13)2-9(14)11(10)15/h1-5H,15H2. The minimum Gasteiger partial charge on any atom is -0.453 e. The molecule has 0 amide bonds. The molecule has 0 saturated heterocycles. The van der Waals surface area contributed by atoms with Crippen molar-refractivity contribution in [1.82, 2.24) is 4.98 Å². The lowest BCUT2D eigenvalue weighted by Gasteiger charge is -2.09. The average molecular weight is 301 g/mol. The van der Waals surface area contributed by atoms with Crippen molar-refractivity contribution in [2.24, 2.45) is 0 Å². The van der Waals surface area contributed by atoms with Crippen molar-refractivity contribution in [3.05, 3.63) is 46.7 Å². The van der Waals surface area contributed by atoms with Gasteiger partial charge in [-0.1, -0.05) is 0 Å². The predicted octanol–water partition coefficient (Wildman–Crippen LogP) is 3.50. The van der Waals surface area contributed by atoms with E-state index in [9.17, 15) is 8.78 Å². The lowest BCUT2D eigenvalue weighted by Crippen LogP contribution is -1.97. The summed E-state index contributed by atoms with van der Waals surface area (Å²) >= 11 is 3.20. The Labute approximate surface area is 104 Å². The van der Waals surface area contributed by atoms with Crippen molar-refractivity contribution in [1.29, 1.82) is 0 Å². The molecule has 0 unspecified atom stereocenters. The zero-order valence-corrected chi connectivity index (χ0v) is 10.0. The second-order valence-electron chi connectivity index (χ2n) is 3.24. The molecule has 0 aliphatic heterocycles. The van der Waals surface area contributed by atoms with E-state index in [1.54, 1.807) is 12.3 Å². The summed E-state index contributed by atoms with van der Waals surface area (Å²) in [6, 6.07) is 3.32. The molecule has 17 heavy (non-hydrogen) atoms. The summed E-state index contributed by atoms with van der Waals surface area (Å²) in [5, 5.41) is 0. The van der Waals surface area contributed by atoms with Crippen molar-refractivity contribution in [2.45, 2.75) is 0 Å². The summed E-state index contributed by atoms with van der Waals surface area (Å²) in [7, 11) is 0. The van der Waals surface area contributed by atoms with Crippen LogP contribution in [-0.2, 0) is 0 Å². The summed E-state index contributed by atoms with van der Waals surface area (Å²) in [4.78, 5) is 3.85. The van der Waals surface area contributed by atoms with Gasteiger partial charge in [0.1, 0.15) is 17.3 Å². The molecule has 0 atom stereocenters. The van der Waals surface area contributed by atoms with Gasteiger partial charge in [-0.3, -0.25) is 4.98 Å². The van der Waals surface area contributed by atoms with Crippen LogP contribution in [0.3, 0.4) is 0 Å². The number of pyridine rings is 1. The number of benzene rings is 1. The number of anilines is 1. The molecule has 88 valence electrons. The van der Waals surface area contributed by atoms with Crippen molar-refractivity contribution >= 4 is 21.6 Å². The van der Waals surface area contributed by atoms with E-state index in [0.29, 0.717) is 16.3 Å². The highest BCUT2D eigenvalue weighted by molar-refractivity contribution is 9.10. The van der Waals surface area contributed by atoms with Crippen LogP contribution in [0.2, 0.25) is 0 Å². The lowest BCUT2D eigenvalue weighted by molar-refractivity contribution is 0.469. The van der Waals surface area contributed by atoms with Gasteiger partial charge >= 0.3 is 0 Å². The van der Waals surface area contributed by atoms with E-state index < -0.39 is 11.6 Å². The SMILES string of the molecule is Nc1c(F)cc(F)cc1Oc1cncc(Br)c1.